The molecule has 0 heterocycles. The normalized spacial score (nSPS) is 10.1. The van der Waals surface area contributed by atoms with Gasteiger partial charge in [0.1, 0.15) is 5.02 Å². The van der Waals surface area contributed by atoms with Crippen LogP contribution in [0.4, 0.5) is 11.4 Å². The minimum Gasteiger partial charge on any atom is -0.330 e. The van der Waals surface area contributed by atoms with Gasteiger partial charge in [-0.15, -0.1) is 0 Å². The van der Waals surface area contributed by atoms with Crippen LogP contribution in [0.3, 0.4) is 0 Å². The largest absolute Gasteiger partial charge is 0.330 e. The topological polar surface area (TPSA) is 98.3 Å². The van der Waals surface area contributed by atoms with Crippen molar-refractivity contribution in [2.45, 2.75) is 19.3 Å². The molecule has 1 aromatic carbocycles. The molecule has 0 fully saturated rings. The number of nitrogens with one attached hydrogen (secondary N) is 1. The number of carbonyl (C=O) groups excluding carboxylic acids is 1. The summed E-state index contributed by atoms with van der Waals surface area (Å²) in [7, 11) is 0. The van der Waals surface area contributed by atoms with E-state index in [4.69, 9.17) is 17.3 Å². The Balaban J connectivity index is 2.60. The van der Waals surface area contributed by atoms with Gasteiger partial charge >= 0.3 is 0 Å². The second-order valence-electron chi connectivity index (χ2n) is 3.72. The molecule has 98 valence electrons. The monoisotopic (exact) mass is 271 g/mol. The molecule has 0 bridgehead atoms. The van der Waals surface area contributed by atoms with Gasteiger partial charge in [0.25, 0.3) is 5.69 Å². The minimum absolute atomic E-state index is 0.000224. The number of nitrogens with two attached hydrogens (primary N) is 1. The fraction of sp³-hybridized carbons (Fsp3) is 0.364. The SMILES string of the molecule is NCCCCC(=O)Nc1ccc([N+](=O)[O-])c(Cl)c1. The van der Waals surface area contributed by atoms with Crippen molar-refractivity contribution >= 4 is 28.9 Å². The van der Waals surface area contributed by atoms with Crippen LogP contribution in [0.5, 0.6) is 0 Å². The van der Waals surface area contributed by atoms with E-state index in [0.29, 0.717) is 25.1 Å². The molecular formula is C11H14ClN3O3. The number of nitro benzene ring substituents is 1. The first-order valence-electron chi connectivity index (χ1n) is 5.48. The molecule has 1 aromatic rings. The number of rotatable bonds is 6. The van der Waals surface area contributed by atoms with Crippen molar-refractivity contribution in [3.8, 4) is 0 Å². The van der Waals surface area contributed by atoms with E-state index in [1.807, 2.05) is 0 Å². The van der Waals surface area contributed by atoms with Crippen molar-refractivity contribution in [2.24, 2.45) is 5.73 Å². The number of hydrogen-bond donors (Lipinski definition) is 2. The highest BCUT2D eigenvalue weighted by Crippen LogP contribution is 2.27. The Morgan fingerprint density at radius 3 is 2.72 bits per heavy atom. The van der Waals surface area contributed by atoms with Gasteiger partial charge in [-0.3, -0.25) is 14.9 Å². The molecule has 0 atom stereocenters. The summed E-state index contributed by atoms with van der Waals surface area (Å²) in [5.41, 5.74) is 5.58. The van der Waals surface area contributed by atoms with Crippen LogP contribution in [0.25, 0.3) is 0 Å². The average molecular weight is 272 g/mol. The van der Waals surface area contributed by atoms with Gasteiger partial charge in [0.05, 0.1) is 4.92 Å². The van der Waals surface area contributed by atoms with Gasteiger partial charge in [0.15, 0.2) is 0 Å². The molecule has 3 N–H and O–H groups in total. The van der Waals surface area contributed by atoms with Gasteiger partial charge in [-0.25, -0.2) is 0 Å². The predicted molar refractivity (Wildman–Crippen MR) is 69.6 cm³/mol. The average Bonchev–Trinajstić information content (AvgIpc) is 2.28. The number of amides is 1. The summed E-state index contributed by atoms with van der Waals surface area (Å²) in [6.45, 7) is 0.552. The number of unbranched alkanes of at least 4 members (excludes halogenated alkanes) is 1. The fourth-order valence-corrected chi connectivity index (χ4v) is 1.64. The van der Waals surface area contributed by atoms with Gasteiger partial charge in [-0.1, -0.05) is 11.6 Å². The zero-order chi connectivity index (χ0) is 13.5. The number of hydrogen-bond acceptors (Lipinski definition) is 4. The summed E-state index contributed by atoms with van der Waals surface area (Å²) in [6.07, 6.45) is 1.86. The second kappa shape index (κ2) is 6.93. The van der Waals surface area contributed by atoms with E-state index < -0.39 is 4.92 Å². The summed E-state index contributed by atoms with van der Waals surface area (Å²) in [4.78, 5) is 21.5. The highest BCUT2D eigenvalue weighted by molar-refractivity contribution is 6.33. The van der Waals surface area contributed by atoms with E-state index >= 15 is 0 Å². The lowest BCUT2D eigenvalue weighted by Gasteiger charge is -2.05. The Hall–Kier alpha value is -1.66. The van der Waals surface area contributed by atoms with Crippen molar-refractivity contribution in [2.75, 3.05) is 11.9 Å². The minimum atomic E-state index is -0.574. The molecule has 0 aliphatic heterocycles. The van der Waals surface area contributed by atoms with Crippen molar-refractivity contribution in [3.05, 3.63) is 33.3 Å². The van der Waals surface area contributed by atoms with Crippen molar-refractivity contribution < 1.29 is 9.72 Å². The highest BCUT2D eigenvalue weighted by atomic mass is 35.5. The molecule has 0 aliphatic carbocycles. The summed E-state index contributed by atoms with van der Waals surface area (Å²) in [6, 6.07) is 4.07. The Kier molecular flexibility index (Phi) is 5.54. The third-order valence-electron chi connectivity index (χ3n) is 2.29. The van der Waals surface area contributed by atoms with Gasteiger partial charge in [-0.05, 0) is 31.5 Å². The highest BCUT2D eigenvalue weighted by Gasteiger charge is 2.12. The molecule has 0 aliphatic rings. The lowest BCUT2D eigenvalue weighted by molar-refractivity contribution is -0.384. The van der Waals surface area contributed by atoms with E-state index in [1.54, 1.807) is 0 Å². The lowest BCUT2D eigenvalue weighted by atomic mass is 10.2. The van der Waals surface area contributed by atoms with E-state index in [1.165, 1.54) is 18.2 Å². The maximum atomic E-state index is 11.5. The number of halogens is 1. The number of carbonyl (C=O) groups is 1. The zero-order valence-corrected chi connectivity index (χ0v) is 10.4. The Morgan fingerprint density at radius 2 is 2.17 bits per heavy atom. The summed E-state index contributed by atoms with van der Waals surface area (Å²) >= 11 is 5.73. The summed E-state index contributed by atoms with van der Waals surface area (Å²) < 4.78 is 0. The molecule has 0 spiro atoms. The van der Waals surface area contributed by atoms with Crippen LogP contribution in [0.2, 0.25) is 5.02 Å². The van der Waals surface area contributed by atoms with Crippen molar-refractivity contribution in [1.82, 2.24) is 0 Å². The maximum Gasteiger partial charge on any atom is 0.288 e. The van der Waals surface area contributed by atoms with Gasteiger partial charge < -0.3 is 11.1 Å². The van der Waals surface area contributed by atoms with Gasteiger partial charge in [0.2, 0.25) is 5.91 Å². The molecule has 1 rings (SSSR count). The van der Waals surface area contributed by atoms with Crippen LogP contribution < -0.4 is 11.1 Å². The van der Waals surface area contributed by atoms with Crippen LogP contribution in [0.15, 0.2) is 18.2 Å². The number of benzene rings is 1. The van der Waals surface area contributed by atoms with Crippen LogP contribution >= 0.6 is 11.6 Å². The molecular weight excluding hydrogens is 258 g/mol. The lowest BCUT2D eigenvalue weighted by Crippen LogP contribution is -2.12. The standard InChI is InChI=1S/C11H14ClN3O3/c12-9-7-8(4-5-10(9)15(17)18)14-11(16)3-1-2-6-13/h4-5,7H,1-3,6,13H2,(H,14,16). The fourth-order valence-electron chi connectivity index (χ4n) is 1.39. The molecule has 0 saturated heterocycles. The zero-order valence-electron chi connectivity index (χ0n) is 9.69. The predicted octanol–water partition coefficient (Wildman–Crippen LogP) is 2.32. The second-order valence-corrected chi connectivity index (χ2v) is 4.12. The van der Waals surface area contributed by atoms with E-state index in [2.05, 4.69) is 5.32 Å². The van der Waals surface area contributed by atoms with Crippen LogP contribution in [-0.2, 0) is 4.79 Å². The Labute approximate surface area is 109 Å². The summed E-state index contributed by atoms with van der Waals surface area (Å²) in [5.74, 6) is -0.159. The summed E-state index contributed by atoms with van der Waals surface area (Å²) in [5, 5.41) is 13.2. The molecule has 1 amide bonds. The van der Waals surface area contributed by atoms with Crippen molar-refractivity contribution in [3.63, 3.8) is 0 Å². The van der Waals surface area contributed by atoms with Crippen molar-refractivity contribution in [1.29, 1.82) is 0 Å². The third-order valence-corrected chi connectivity index (χ3v) is 2.59. The molecule has 18 heavy (non-hydrogen) atoms. The first-order chi connectivity index (χ1) is 8.54. The molecule has 0 unspecified atom stereocenters. The van der Waals surface area contributed by atoms with Gasteiger partial charge in [0, 0.05) is 18.2 Å². The van der Waals surface area contributed by atoms with E-state index in [0.717, 1.165) is 6.42 Å². The first-order valence-corrected chi connectivity index (χ1v) is 5.86. The molecule has 0 aromatic heterocycles. The molecule has 0 radical (unpaired) electrons. The number of nitro groups is 1. The molecule has 6 nitrogen and oxygen atoms in total. The van der Waals surface area contributed by atoms with E-state index in [-0.39, 0.29) is 16.6 Å². The smallest absolute Gasteiger partial charge is 0.288 e. The molecule has 7 heteroatoms. The molecule has 0 saturated carbocycles. The third kappa shape index (κ3) is 4.31. The van der Waals surface area contributed by atoms with Crippen LogP contribution in [0.1, 0.15) is 19.3 Å². The Morgan fingerprint density at radius 1 is 1.44 bits per heavy atom. The first kappa shape index (κ1) is 14.4. The number of anilines is 1. The maximum absolute atomic E-state index is 11.5. The number of nitrogens with zero attached hydrogens (tertiary/aromatic N) is 1. The van der Waals surface area contributed by atoms with Crippen LogP contribution in [0, 0.1) is 10.1 Å². The van der Waals surface area contributed by atoms with E-state index in [9.17, 15) is 14.9 Å². The Bertz CT molecular complexity index is 451. The van der Waals surface area contributed by atoms with Gasteiger partial charge in [-0.2, -0.15) is 0 Å². The van der Waals surface area contributed by atoms with Crippen LogP contribution in [-0.4, -0.2) is 17.4 Å². The quantitative estimate of drug-likeness (QED) is 0.471.